The van der Waals surface area contributed by atoms with E-state index in [1.165, 1.54) is 5.56 Å². The molecule has 1 aliphatic heterocycles. The maximum Gasteiger partial charge on any atom is 0.230 e. The maximum absolute atomic E-state index is 11.7. The number of amides is 1. The highest BCUT2D eigenvalue weighted by molar-refractivity contribution is 5.81. The summed E-state index contributed by atoms with van der Waals surface area (Å²) in [5, 5.41) is 0. The van der Waals surface area contributed by atoms with Crippen LogP contribution in [0, 0.1) is 0 Å². The normalized spacial score (nSPS) is 15.4. The van der Waals surface area contributed by atoms with Gasteiger partial charge in [0.2, 0.25) is 5.91 Å². The average Bonchev–Trinajstić information content (AvgIpc) is 2.33. The molecule has 1 amide bonds. The molecule has 17 heavy (non-hydrogen) atoms. The molecule has 2 rings (SSSR count). The van der Waals surface area contributed by atoms with Crippen molar-refractivity contribution in [3.05, 3.63) is 60.3 Å². The van der Waals surface area contributed by atoms with Gasteiger partial charge in [0.1, 0.15) is 0 Å². The van der Waals surface area contributed by atoms with Crippen molar-refractivity contribution in [3.8, 4) is 0 Å². The second-order valence-electron chi connectivity index (χ2n) is 4.33. The Morgan fingerprint density at radius 1 is 1.24 bits per heavy atom. The lowest BCUT2D eigenvalue weighted by Gasteiger charge is -2.22. The molecular formula is C15H17NO. The van der Waals surface area contributed by atoms with E-state index in [0.29, 0.717) is 6.42 Å². The third kappa shape index (κ3) is 3.31. The second-order valence-corrected chi connectivity index (χ2v) is 4.33. The number of allylic oxidation sites excluding steroid dienone is 1. The van der Waals surface area contributed by atoms with Crippen molar-refractivity contribution < 1.29 is 4.79 Å². The Labute approximate surface area is 102 Å². The number of hydrogen-bond acceptors (Lipinski definition) is 1. The number of rotatable bonds is 4. The van der Waals surface area contributed by atoms with Gasteiger partial charge in [0, 0.05) is 12.7 Å². The van der Waals surface area contributed by atoms with Crippen molar-refractivity contribution in [1.82, 2.24) is 4.90 Å². The molecule has 0 aromatic heterocycles. The third-order valence-corrected chi connectivity index (χ3v) is 2.90. The third-order valence-electron chi connectivity index (χ3n) is 2.90. The molecule has 1 aromatic carbocycles. The number of nitrogens with zero attached hydrogens (tertiary/aromatic N) is 1. The Kier molecular flexibility index (Phi) is 3.76. The summed E-state index contributed by atoms with van der Waals surface area (Å²) in [6.07, 6.45) is 6.23. The van der Waals surface area contributed by atoms with Gasteiger partial charge in [-0.15, -0.1) is 0 Å². The zero-order chi connectivity index (χ0) is 12.1. The number of benzene rings is 1. The topological polar surface area (TPSA) is 20.3 Å². The Hall–Kier alpha value is -1.83. The van der Waals surface area contributed by atoms with Crippen LogP contribution in [0.15, 0.2) is 54.8 Å². The first kappa shape index (κ1) is 11.6. The summed E-state index contributed by atoms with van der Waals surface area (Å²) in [5.74, 6) is 0.158. The molecule has 0 bridgehead atoms. The standard InChI is InChI=1S/C15H17NO/c1-13-9-11-16(15(17)12-13)10-5-8-14-6-3-2-4-7-14/h2-4,6-7,9,11H,1,5,8,10,12H2. The fourth-order valence-electron chi connectivity index (χ4n) is 1.93. The molecule has 1 aliphatic rings. The van der Waals surface area contributed by atoms with Crippen molar-refractivity contribution in [2.75, 3.05) is 6.54 Å². The Bertz CT molecular complexity index is 433. The second kappa shape index (κ2) is 5.48. The van der Waals surface area contributed by atoms with Crippen molar-refractivity contribution in [1.29, 1.82) is 0 Å². The van der Waals surface area contributed by atoms with Gasteiger partial charge >= 0.3 is 0 Å². The van der Waals surface area contributed by atoms with Gasteiger partial charge in [-0.3, -0.25) is 4.79 Å². The molecule has 1 heterocycles. The minimum absolute atomic E-state index is 0.158. The van der Waals surface area contributed by atoms with Gasteiger partial charge < -0.3 is 4.90 Å². The van der Waals surface area contributed by atoms with E-state index < -0.39 is 0 Å². The first-order valence-electron chi connectivity index (χ1n) is 5.95. The van der Waals surface area contributed by atoms with E-state index in [9.17, 15) is 4.79 Å². The van der Waals surface area contributed by atoms with Gasteiger partial charge in [0.05, 0.1) is 6.42 Å². The van der Waals surface area contributed by atoms with Gasteiger partial charge in [-0.05, 0) is 30.1 Å². The molecular weight excluding hydrogens is 210 g/mol. The van der Waals surface area contributed by atoms with Crippen LogP contribution in [0.3, 0.4) is 0 Å². The first-order valence-corrected chi connectivity index (χ1v) is 5.95. The minimum atomic E-state index is 0.158. The molecule has 2 nitrogen and oxygen atoms in total. The summed E-state index contributed by atoms with van der Waals surface area (Å²) >= 11 is 0. The van der Waals surface area contributed by atoms with E-state index in [-0.39, 0.29) is 5.91 Å². The molecule has 0 saturated carbocycles. The zero-order valence-electron chi connectivity index (χ0n) is 9.93. The van der Waals surface area contributed by atoms with Crippen LogP contribution in [0.1, 0.15) is 18.4 Å². The predicted molar refractivity (Wildman–Crippen MR) is 69.4 cm³/mol. The first-order chi connectivity index (χ1) is 8.25. The molecule has 0 radical (unpaired) electrons. The van der Waals surface area contributed by atoms with Crippen molar-refractivity contribution in [3.63, 3.8) is 0 Å². The van der Waals surface area contributed by atoms with Crippen LogP contribution in [0.4, 0.5) is 0 Å². The summed E-state index contributed by atoms with van der Waals surface area (Å²) in [6, 6.07) is 10.4. The maximum atomic E-state index is 11.7. The number of hydrogen-bond donors (Lipinski definition) is 0. The minimum Gasteiger partial charge on any atom is -0.319 e. The smallest absolute Gasteiger partial charge is 0.230 e. The number of aryl methyl sites for hydroxylation is 1. The van der Waals surface area contributed by atoms with Crippen LogP contribution >= 0.6 is 0 Å². The van der Waals surface area contributed by atoms with E-state index in [1.54, 1.807) is 4.90 Å². The highest BCUT2D eigenvalue weighted by Gasteiger charge is 2.14. The molecule has 0 N–H and O–H groups in total. The van der Waals surface area contributed by atoms with E-state index >= 15 is 0 Å². The molecule has 0 atom stereocenters. The van der Waals surface area contributed by atoms with Gasteiger partial charge in [0.25, 0.3) is 0 Å². The van der Waals surface area contributed by atoms with E-state index in [4.69, 9.17) is 0 Å². The Balaban J connectivity index is 1.81. The lowest BCUT2D eigenvalue weighted by Crippen LogP contribution is -2.29. The molecule has 0 fully saturated rings. The summed E-state index contributed by atoms with van der Waals surface area (Å²) in [5.41, 5.74) is 2.22. The predicted octanol–water partition coefficient (Wildman–Crippen LogP) is 2.92. The Morgan fingerprint density at radius 2 is 2.00 bits per heavy atom. The largest absolute Gasteiger partial charge is 0.319 e. The van der Waals surface area contributed by atoms with Crippen molar-refractivity contribution in [2.24, 2.45) is 0 Å². The highest BCUT2D eigenvalue weighted by Crippen LogP contribution is 2.13. The molecule has 1 aromatic rings. The van der Waals surface area contributed by atoms with Crippen LogP contribution in [0.5, 0.6) is 0 Å². The van der Waals surface area contributed by atoms with Crippen LogP contribution in [0.2, 0.25) is 0 Å². The number of carbonyl (C=O) groups excluding carboxylic acids is 1. The molecule has 0 aliphatic carbocycles. The van der Waals surface area contributed by atoms with Gasteiger partial charge in [-0.25, -0.2) is 0 Å². The van der Waals surface area contributed by atoms with Gasteiger partial charge in [0.15, 0.2) is 0 Å². The van der Waals surface area contributed by atoms with Crippen molar-refractivity contribution >= 4 is 5.91 Å². The lowest BCUT2D eigenvalue weighted by molar-refractivity contribution is -0.128. The average molecular weight is 227 g/mol. The summed E-state index contributed by atoms with van der Waals surface area (Å²) in [7, 11) is 0. The van der Waals surface area contributed by atoms with E-state index in [0.717, 1.165) is 25.0 Å². The van der Waals surface area contributed by atoms with Crippen molar-refractivity contribution in [2.45, 2.75) is 19.3 Å². The molecule has 0 saturated heterocycles. The molecule has 0 unspecified atom stereocenters. The van der Waals surface area contributed by atoms with Crippen LogP contribution in [-0.2, 0) is 11.2 Å². The Morgan fingerprint density at radius 3 is 2.71 bits per heavy atom. The van der Waals surface area contributed by atoms with Gasteiger partial charge in [-0.2, -0.15) is 0 Å². The highest BCUT2D eigenvalue weighted by atomic mass is 16.2. The van der Waals surface area contributed by atoms with E-state index in [2.05, 4.69) is 18.7 Å². The zero-order valence-corrected chi connectivity index (χ0v) is 9.93. The summed E-state index contributed by atoms with van der Waals surface area (Å²) in [4.78, 5) is 13.5. The molecule has 0 spiro atoms. The molecule has 88 valence electrons. The SMILES string of the molecule is C=C1C=CN(CCCc2ccccc2)C(=O)C1. The van der Waals surface area contributed by atoms with Crippen LogP contribution < -0.4 is 0 Å². The molecule has 2 heteroatoms. The van der Waals surface area contributed by atoms with Gasteiger partial charge in [-0.1, -0.05) is 36.9 Å². The quantitative estimate of drug-likeness (QED) is 0.774. The van der Waals surface area contributed by atoms with E-state index in [1.807, 2.05) is 30.5 Å². The summed E-state index contributed by atoms with van der Waals surface area (Å²) in [6.45, 7) is 4.58. The number of carbonyl (C=O) groups is 1. The van der Waals surface area contributed by atoms with Crippen LogP contribution in [-0.4, -0.2) is 17.4 Å². The summed E-state index contributed by atoms with van der Waals surface area (Å²) < 4.78 is 0. The lowest BCUT2D eigenvalue weighted by atomic mass is 10.1. The monoisotopic (exact) mass is 227 g/mol. The van der Waals surface area contributed by atoms with Crippen LogP contribution in [0.25, 0.3) is 0 Å². The fourth-order valence-corrected chi connectivity index (χ4v) is 1.93. The fraction of sp³-hybridized carbons (Fsp3) is 0.267.